The van der Waals surface area contributed by atoms with Crippen molar-refractivity contribution in [3.63, 3.8) is 0 Å². The maximum absolute atomic E-state index is 13.3. The molecule has 1 heterocycles. The van der Waals surface area contributed by atoms with E-state index in [-0.39, 0.29) is 19.0 Å². The van der Waals surface area contributed by atoms with Crippen LogP contribution >= 0.6 is 0 Å². The van der Waals surface area contributed by atoms with Crippen LogP contribution < -0.4 is 19.7 Å². The fourth-order valence-corrected chi connectivity index (χ4v) is 2.77. The van der Waals surface area contributed by atoms with Gasteiger partial charge in [-0.05, 0) is 36.4 Å². The summed E-state index contributed by atoms with van der Waals surface area (Å²) < 4.78 is 28.9. The Kier molecular flexibility index (Phi) is 5.44. The molecule has 7 nitrogen and oxygen atoms in total. The predicted molar refractivity (Wildman–Crippen MR) is 95.9 cm³/mol. The number of rotatable bonds is 6. The maximum atomic E-state index is 13.3. The van der Waals surface area contributed by atoms with E-state index < -0.39 is 18.0 Å². The quantitative estimate of drug-likeness (QED) is 0.841. The van der Waals surface area contributed by atoms with Gasteiger partial charge in [0, 0.05) is 5.56 Å². The van der Waals surface area contributed by atoms with E-state index in [1.807, 2.05) is 0 Å². The monoisotopic (exact) mass is 374 g/mol. The van der Waals surface area contributed by atoms with Gasteiger partial charge in [0.2, 0.25) is 0 Å². The molecule has 1 N–H and O–H groups in total. The molecule has 0 bridgehead atoms. The van der Waals surface area contributed by atoms with Gasteiger partial charge in [-0.3, -0.25) is 9.69 Å². The Morgan fingerprint density at radius 3 is 2.70 bits per heavy atom. The summed E-state index contributed by atoms with van der Waals surface area (Å²) in [5, 5.41) is 2.72. The molecule has 1 aliphatic heterocycles. The van der Waals surface area contributed by atoms with Crippen LogP contribution in [0.5, 0.6) is 11.5 Å². The number of benzene rings is 2. The fraction of sp³-hybridized carbons (Fsp3) is 0.263. The molecular weight excluding hydrogens is 355 g/mol. The molecule has 1 aliphatic rings. The highest BCUT2D eigenvalue weighted by atomic mass is 19.1. The number of anilines is 1. The summed E-state index contributed by atoms with van der Waals surface area (Å²) >= 11 is 0. The van der Waals surface area contributed by atoms with Gasteiger partial charge in [-0.25, -0.2) is 9.18 Å². The zero-order valence-electron chi connectivity index (χ0n) is 14.9. The molecule has 0 aliphatic carbocycles. The summed E-state index contributed by atoms with van der Waals surface area (Å²) in [5.41, 5.74) is 0.799. The SMILES string of the molecule is COc1ccc(C(=O)NCC2CN(c3cccc(F)c3)C(=O)O2)cc1OC. The van der Waals surface area contributed by atoms with Crippen LogP contribution in [-0.2, 0) is 4.74 Å². The van der Waals surface area contributed by atoms with Crippen LogP contribution in [0.25, 0.3) is 0 Å². The van der Waals surface area contributed by atoms with E-state index in [9.17, 15) is 14.0 Å². The molecule has 1 saturated heterocycles. The fourth-order valence-electron chi connectivity index (χ4n) is 2.77. The summed E-state index contributed by atoms with van der Waals surface area (Å²) in [5.74, 6) is 0.181. The molecule has 0 aromatic heterocycles. The second kappa shape index (κ2) is 7.94. The van der Waals surface area contributed by atoms with Crippen molar-refractivity contribution in [2.24, 2.45) is 0 Å². The van der Waals surface area contributed by atoms with Gasteiger partial charge in [0.15, 0.2) is 11.5 Å². The Balaban J connectivity index is 1.60. The second-order valence-electron chi connectivity index (χ2n) is 5.88. The third kappa shape index (κ3) is 4.11. The molecule has 0 saturated carbocycles. The molecule has 2 aromatic rings. The van der Waals surface area contributed by atoms with E-state index in [1.54, 1.807) is 24.3 Å². The first-order chi connectivity index (χ1) is 13.0. The molecule has 8 heteroatoms. The van der Waals surface area contributed by atoms with Crippen LogP contribution in [0.1, 0.15) is 10.4 Å². The number of nitrogens with zero attached hydrogens (tertiary/aromatic N) is 1. The van der Waals surface area contributed by atoms with E-state index in [0.29, 0.717) is 22.7 Å². The summed E-state index contributed by atoms with van der Waals surface area (Å²) in [7, 11) is 2.99. The van der Waals surface area contributed by atoms with Crippen molar-refractivity contribution in [3.05, 3.63) is 53.8 Å². The van der Waals surface area contributed by atoms with Gasteiger partial charge in [0.05, 0.1) is 33.0 Å². The number of cyclic esters (lactones) is 1. The minimum absolute atomic E-state index is 0.130. The first kappa shape index (κ1) is 18.5. The Hall–Kier alpha value is -3.29. The molecule has 27 heavy (non-hydrogen) atoms. The average Bonchev–Trinajstić information content (AvgIpc) is 3.06. The van der Waals surface area contributed by atoms with Crippen molar-refractivity contribution in [2.45, 2.75) is 6.10 Å². The highest BCUT2D eigenvalue weighted by Gasteiger charge is 2.32. The zero-order chi connectivity index (χ0) is 19.4. The van der Waals surface area contributed by atoms with Crippen LogP contribution in [-0.4, -0.2) is 45.4 Å². The van der Waals surface area contributed by atoms with E-state index in [4.69, 9.17) is 14.2 Å². The Bertz CT molecular complexity index is 858. The lowest BCUT2D eigenvalue weighted by atomic mass is 10.2. The summed E-state index contributed by atoms with van der Waals surface area (Å²) in [4.78, 5) is 25.7. The molecule has 2 amide bonds. The first-order valence-corrected chi connectivity index (χ1v) is 8.25. The van der Waals surface area contributed by atoms with E-state index in [1.165, 1.54) is 37.3 Å². The third-order valence-electron chi connectivity index (χ3n) is 4.13. The number of ether oxygens (including phenoxy) is 3. The predicted octanol–water partition coefficient (Wildman–Crippen LogP) is 2.60. The number of hydrogen-bond donors (Lipinski definition) is 1. The van der Waals surface area contributed by atoms with Crippen molar-refractivity contribution in [2.75, 3.05) is 32.2 Å². The second-order valence-corrected chi connectivity index (χ2v) is 5.88. The van der Waals surface area contributed by atoms with E-state index in [2.05, 4.69) is 5.32 Å². The Labute approximate surface area is 155 Å². The smallest absolute Gasteiger partial charge is 0.414 e. The van der Waals surface area contributed by atoms with Crippen molar-refractivity contribution < 1.29 is 28.2 Å². The third-order valence-corrected chi connectivity index (χ3v) is 4.13. The van der Waals surface area contributed by atoms with Crippen molar-refractivity contribution in [1.29, 1.82) is 0 Å². The lowest BCUT2D eigenvalue weighted by molar-refractivity contribution is 0.0915. The normalized spacial score (nSPS) is 16.0. The highest BCUT2D eigenvalue weighted by molar-refractivity contribution is 5.95. The number of halogens is 1. The molecule has 0 spiro atoms. The number of methoxy groups -OCH3 is 2. The average molecular weight is 374 g/mol. The topological polar surface area (TPSA) is 77.1 Å². The molecule has 2 aromatic carbocycles. The molecule has 1 unspecified atom stereocenters. The molecular formula is C19H19FN2O5. The van der Waals surface area contributed by atoms with Crippen LogP contribution in [0, 0.1) is 5.82 Å². The summed E-state index contributed by atoms with van der Waals surface area (Å²) in [6.45, 7) is 0.346. The van der Waals surface area contributed by atoms with Crippen molar-refractivity contribution in [3.8, 4) is 11.5 Å². The Morgan fingerprint density at radius 1 is 1.22 bits per heavy atom. The summed E-state index contributed by atoms with van der Waals surface area (Å²) in [6.07, 6.45) is -1.11. The molecule has 1 fully saturated rings. The van der Waals surface area contributed by atoms with Gasteiger partial charge in [0.1, 0.15) is 11.9 Å². The van der Waals surface area contributed by atoms with Crippen molar-refractivity contribution in [1.82, 2.24) is 5.32 Å². The lowest BCUT2D eigenvalue weighted by Crippen LogP contribution is -2.34. The summed E-state index contributed by atoms with van der Waals surface area (Å²) in [6, 6.07) is 10.5. The number of carbonyl (C=O) groups is 2. The van der Waals surface area contributed by atoms with Crippen LogP contribution in [0.4, 0.5) is 14.9 Å². The standard InChI is InChI=1S/C19H19FN2O5/c1-25-16-7-6-12(8-17(16)26-2)18(23)21-10-15-11-22(19(24)27-15)14-5-3-4-13(20)9-14/h3-9,15H,10-11H2,1-2H3,(H,21,23). The zero-order valence-corrected chi connectivity index (χ0v) is 14.9. The van der Waals surface area contributed by atoms with Crippen LogP contribution in [0.2, 0.25) is 0 Å². The molecule has 1 atom stereocenters. The molecule has 142 valence electrons. The lowest BCUT2D eigenvalue weighted by Gasteiger charge is -2.13. The van der Waals surface area contributed by atoms with Crippen LogP contribution in [0.15, 0.2) is 42.5 Å². The van der Waals surface area contributed by atoms with Gasteiger partial charge in [-0.15, -0.1) is 0 Å². The van der Waals surface area contributed by atoms with E-state index in [0.717, 1.165) is 0 Å². The largest absolute Gasteiger partial charge is 0.493 e. The van der Waals surface area contributed by atoms with E-state index >= 15 is 0 Å². The minimum Gasteiger partial charge on any atom is -0.493 e. The van der Waals surface area contributed by atoms with Gasteiger partial charge in [-0.1, -0.05) is 6.07 Å². The van der Waals surface area contributed by atoms with Crippen molar-refractivity contribution >= 4 is 17.7 Å². The number of carbonyl (C=O) groups excluding carboxylic acids is 2. The number of amides is 2. The number of nitrogens with one attached hydrogen (secondary N) is 1. The first-order valence-electron chi connectivity index (χ1n) is 8.25. The maximum Gasteiger partial charge on any atom is 0.414 e. The van der Waals surface area contributed by atoms with Gasteiger partial charge < -0.3 is 19.5 Å². The van der Waals surface area contributed by atoms with Crippen LogP contribution in [0.3, 0.4) is 0 Å². The van der Waals surface area contributed by atoms with Gasteiger partial charge in [-0.2, -0.15) is 0 Å². The van der Waals surface area contributed by atoms with Gasteiger partial charge in [0.25, 0.3) is 5.91 Å². The minimum atomic E-state index is -0.578. The Morgan fingerprint density at radius 2 is 2.00 bits per heavy atom. The molecule has 0 radical (unpaired) electrons. The number of hydrogen-bond acceptors (Lipinski definition) is 5. The molecule has 3 rings (SSSR count). The van der Waals surface area contributed by atoms with Gasteiger partial charge >= 0.3 is 6.09 Å². The highest BCUT2D eigenvalue weighted by Crippen LogP contribution is 2.27.